The Balaban J connectivity index is 3.25. The lowest BCUT2D eigenvalue weighted by Gasteiger charge is -2.13. The molecule has 0 heterocycles. The number of hydrogen-bond donors (Lipinski definition) is 0. The van der Waals surface area contributed by atoms with Crippen molar-refractivity contribution in [1.82, 2.24) is 0 Å². The third-order valence-corrected chi connectivity index (χ3v) is 4.15. The van der Waals surface area contributed by atoms with Gasteiger partial charge in [0.2, 0.25) is 0 Å². The zero-order valence-corrected chi connectivity index (χ0v) is 12.4. The molecular weight excluding hydrogens is 318 g/mol. The monoisotopic (exact) mass is 328 g/mol. The first-order chi connectivity index (χ1) is 6.97. The van der Waals surface area contributed by atoms with E-state index in [4.69, 9.17) is 34.8 Å². The minimum absolute atomic E-state index is 0.397. The van der Waals surface area contributed by atoms with Crippen LogP contribution in [0.2, 0.25) is 10.0 Å². The summed E-state index contributed by atoms with van der Waals surface area (Å²) in [5, 5.41) is 1.11. The molecule has 0 saturated carbocycles. The number of hydrogen-bond acceptors (Lipinski definition) is 0. The first kappa shape index (κ1) is 13.6. The van der Waals surface area contributed by atoms with Crippen LogP contribution >= 0.6 is 50.7 Å². The Kier molecular flexibility index (Phi) is 5.24. The van der Waals surface area contributed by atoms with E-state index in [1.807, 2.05) is 6.07 Å². The molecule has 0 nitrogen and oxygen atoms in total. The molecule has 0 aliphatic heterocycles. The van der Waals surface area contributed by atoms with Crippen LogP contribution in [0.1, 0.15) is 25.0 Å². The van der Waals surface area contributed by atoms with Gasteiger partial charge in [0, 0.05) is 10.4 Å². The molecule has 1 rings (SSSR count). The molecule has 0 unspecified atom stereocenters. The minimum Gasteiger partial charge on any atom is -0.121 e. The molecule has 0 aromatic heterocycles. The summed E-state index contributed by atoms with van der Waals surface area (Å²) in [5.74, 6) is 0.963. The summed E-state index contributed by atoms with van der Waals surface area (Å²) < 4.78 is 0.832. The highest BCUT2D eigenvalue weighted by Crippen LogP contribution is 2.36. The van der Waals surface area contributed by atoms with E-state index < -0.39 is 0 Å². The maximum absolute atomic E-state index is 6.14. The second-order valence-corrected chi connectivity index (χ2v) is 5.73. The Hall–Kier alpha value is 0.570. The molecule has 15 heavy (non-hydrogen) atoms. The summed E-state index contributed by atoms with van der Waals surface area (Å²) >= 11 is 21.5. The van der Waals surface area contributed by atoms with Crippen LogP contribution in [0.3, 0.4) is 0 Å². The van der Waals surface area contributed by atoms with Crippen LogP contribution in [0.5, 0.6) is 0 Å². The summed E-state index contributed by atoms with van der Waals surface area (Å²) in [4.78, 5) is 0. The van der Waals surface area contributed by atoms with Crippen LogP contribution in [0.15, 0.2) is 10.5 Å². The Morgan fingerprint density at radius 2 is 1.87 bits per heavy atom. The van der Waals surface area contributed by atoms with Crippen LogP contribution < -0.4 is 0 Å². The van der Waals surface area contributed by atoms with Gasteiger partial charge in [0.15, 0.2) is 0 Å². The number of rotatable bonds is 3. The smallest absolute Gasteiger partial charge is 0.0737 e. The third kappa shape index (κ3) is 3.26. The topological polar surface area (TPSA) is 0 Å². The maximum atomic E-state index is 6.14. The van der Waals surface area contributed by atoms with Crippen molar-refractivity contribution in [3.8, 4) is 0 Å². The molecule has 4 heteroatoms. The van der Waals surface area contributed by atoms with Crippen molar-refractivity contribution >= 4 is 50.7 Å². The van der Waals surface area contributed by atoms with Gasteiger partial charge < -0.3 is 0 Å². The van der Waals surface area contributed by atoms with E-state index in [0.717, 1.165) is 16.5 Å². The highest BCUT2D eigenvalue weighted by Gasteiger charge is 2.14. The highest BCUT2D eigenvalue weighted by atomic mass is 79.9. The third-order valence-electron chi connectivity index (χ3n) is 2.12. The van der Waals surface area contributed by atoms with Gasteiger partial charge in [0.1, 0.15) is 0 Å². The Bertz CT molecular complexity index is 361. The summed E-state index contributed by atoms with van der Waals surface area (Å²) in [6, 6.07) is 2.01. The molecule has 0 bridgehead atoms. The van der Waals surface area contributed by atoms with Crippen molar-refractivity contribution in [2.75, 3.05) is 0 Å². The number of benzene rings is 1. The van der Waals surface area contributed by atoms with Gasteiger partial charge in [-0.05, 0) is 45.5 Å². The van der Waals surface area contributed by atoms with Crippen LogP contribution in [0.25, 0.3) is 0 Å². The molecule has 84 valence electrons. The normalized spacial score (nSPS) is 11.1. The quantitative estimate of drug-likeness (QED) is 0.493. The fourth-order valence-electron chi connectivity index (χ4n) is 1.45. The van der Waals surface area contributed by atoms with Gasteiger partial charge in [-0.1, -0.05) is 37.0 Å². The van der Waals surface area contributed by atoms with Crippen LogP contribution in [-0.2, 0) is 12.3 Å². The van der Waals surface area contributed by atoms with E-state index in [0.29, 0.717) is 21.8 Å². The molecule has 0 atom stereocenters. The summed E-state index contributed by atoms with van der Waals surface area (Å²) in [6.45, 7) is 4.32. The predicted molar refractivity (Wildman–Crippen MR) is 72.3 cm³/mol. The Morgan fingerprint density at radius 1 is 1.27 bits per heavy atom. The zero-order chi connectivity index (χ0) is 11.6. The van der Waals surface area contributed by atoms with E-state index in [1.165, 1.54) is 5.56 Å². The molecule has 1 aromatic rings. The van der Waals surface area contributed by atoms with Gasteiger partial charge in [-0.25, -0.2) is 0 Å². The fourth-order valence-corrected chi connectivity index (χ4v) is 2.87. The van der Waals surface area contributed by atoms with Gasteiger partial charge in [0.25, 0.3) is 0 Å². The van der Waals surface area contributed by atoms with Crippen LogP contribution in [-0.4, -0.2) is 0 Å². The molecule has 0 saturated heterocycles. The number of halogens is 4. The predicted octanol–water partition coefficient (Wildman–Crippen LogP) is 5.69. The largest absolute Gasteiger partial charge is 0.121 e. The van der Waals surface area contributed by atoms with Gasteiger partial charge in [-0.15, -0.1) is 11.6 Å². The lowest BCUT2D eigenvalue weighted by atomic mass is 9.99. The van der Waals surface area contributed by atoms with Gasteiger partial charge >= 0.3 is 0 Å². The molecular formula is C11H12BrCl3. The molecule has 1 aromatic carbocycles. The SMILES string of the molecule is CC(C)Cc1cc(Br)c(Cl)c(Cl)c1CCl. The van der Waals surface area contributed by atoms with E-state index in [1.54, 1.807) is 0 Å². The summed E-state index contributed by atoms with van der Waals surface area (Å²) in [6.07, 6.45) is 0.956. The van der Waals surface area contributed by atoms with Crippen molar-refractivity contribution in [2.24, 2.45) is 5.92 Å². The van der Waals surface area contributed by atoms with E-state index in [9.17, 15) is 0 Å². The van der Waals surface area contributed by atoms with Crippen molar-refractivity contribution in [1.29, 1.82) is 0 Å². The second-order valence-electron chi connectivity index (χ2n) is 3.86. The lowest BCUT2D eigenvalue weighted by molar-refractivity contribution is 0.644. The molecule has 0 radical (unpaired) electrons. The van der Waals surface area contributed by atoms with Crippen molar-refractivity contribution < 1.29 is 0 Å². The zero-order valence-electron chi connectivity index (χ0n) is 8.58. The average molecular weight is 330 g/mol. The maximum Gasteiger partial charge on any atom is 0.0737 e. The summed E-state index contributed by atoms with van der Waals surface area (Å²) in [7, 11) is 0. The second kappa shape index (κ2) is 5.77. The lowest BCUT2D eigenvalue weighted by Crippen LogP contribution is -2.00. The molecule has 0 amide bonds. The Morgan fingerprint density at radius 3 is 2.33 bits per heavy atom. The minimum atomic E-state index is 0.397. The first-order valence-electron chi connectivity index (χ1n) is 4.68. The van der Waals surface area contributed by atoms with E-state index in [-0.39, 0.29) is 0 Å². The van der Waals surface area contributed by atoms with Gasteiger partial charge in [-0.2, -0.15) is 0 Å². The molecule has 0 N–H and O–H groups in total. The Labute approximate surface area is 114 Å². The fraction of sp³-hybridized carbons (Fsp3) is 0.455. The molecule has 0 fully saturated rings. The first-order valence-corrected chi connectivity index (χ1v) is 6.77. The molecule has 0 spiro atoms. The van der Waals surface area contributed by atoms with Crippen LogP contribution in [0, 0.1) is 5.92 Å². The standard InChI is InChI=1S/C11H12BrCl3/c1-6(2)3-7-4-9(12)11(15)10(14)8(7)5-13/h4,6H,3,5H2,1-2H3. The molecule has 0 aliphatic carbocycles. The number of alkyl halides is 1. The van der Waals surface area contributed by atoms with Crippen LogP contribution in [0.4, 0.5) is 0 Å². The van der Waals surface area contributed by atoms with E-state index >= 15 is 0 Å². The molecule has 0 aliphatic rings. The van der Waals surface area contributed by atoms with Crippen molar-refractivity contribution in [3.63, 3.8) is 0 Å². The van der Waals surface area contributed by atoms with Gasteiger partial charge in [-0.3, -0.25) is 0 Å². The van der Waals surface area contributed by atoms with E-state index in [2.05, 4.69) is 29.8 Å². The highest BCUT2D eigenvalue weighted by molar-refractivity contribution is 9.10. The van der Waals surface area contributed by atoms with Crippen molar-refractivity contribution in [2.45, 2.75) is 26.1 Å². The van der Waals surface area contributed by atoms with Crippen molar-refractivity contribution in [3.05, 3.63) is 31.7 Å². The average Bonchev–Trinajstić information content (AvgIpc) is 2.14. The van der Waals surface area contributed by atoms with Gasteiger partial charge in [0.05, 0.1) is 10.0 Å². The summed E-state index contributed by atoms with van der Waals surface area (Å²) in [5.41, 5.74) is 2.11.